The average molecular weight is 212 g/mol. The zero-order chi connectivity index (χ0) is 11.4. The third-order valence-corrected chi connectivity index (χ3v) is 2.53. The van der Waals surface area contributed by atoms with Crippen LogP contribution in [0.3, 0.4) is 0 Å². The molecule has 0 aliphatic heterocycles. The van der Waals surface area contributed by atoms with Crippen molar-refractivity contribution in [1.82, 2.24) is 5.32 Å². The molecule has 3 N–H and O–H groups in total. The van der Waals surface area contributed by atoms with E-state index in [0.717, 1.165) is 0 Å². The summed E-state index contributed by atoms with van der Waals surface area (Å²) >= 11 is 0. The minimum absolute atomic E-state index is 0.0972. The largest absolute Gasteiger partial charge is 0.481 e. The Kier molecular flexibility index (Phi) is 3.63. The third kappa shape index (κ3) is 2.67. The monoisotopic (exact) mass is 212 g/mol. The van der Waals surface area contributed by atoms with Crippen molar-refractivity contribution in [3.8, 4) is 6.07 Å². The van der Waals surface area contributed by atoms with Crippen LogP contribution in [0.25, 0.3) is 0 Å². The minimum atomic E-state index is -1.08. The molecule has 1 amide bonds. The van der Waals surface area contributed by atoms with Crippen LogP contribution < -0.4 is 5.32 Å². The van der Waals surface area contributed by atoms with Gasteiger partial charge in [-0.25, -0.2) is 0 Å². The van der Waals surface area contributed by atoms with Gasteiger partial charge >= 0.3 is 5.97 Å². The van der Waals surface area contributed by atoms with Crippen LogP contribution in [0.5, 0.6) is 0 Å². The number of carbonyl (C=O) groups excluding carboxylic acids is 1. The van der Waals surface area contributed by atoms with Crippen molar-refractivity contribution in [3.63, 3.8) is 0 Å². The van der Waals surface area contributed by atoms with Crippen LogP contribution in [0.2, 0.25) is 0 Å². The van der Waals surface area contributed by atoms with E-state index in [1.807, 2.05) is 0 Å². The summed E-state index contributed by atoms with van der Waals surface area (Å²) in [6.07, 6.45) is -0.502. The Bertz CT molecular complexity index is 310. The van der Waals surface area contributed by atoms with E-state index < -0.39 is 29.8 Å². The van der Waals surface area contributed by atoms with Gasteiger partial charge in [-0.05, 0) is 12.8 Å². The first kappa shape index (κ1) is 11.5. The van der Waals surface area contributed by atoms with Crippen LogP contribution in [-0.2, 0) is 9.59 Å². The highest BCUT2D eigenvalue weighted by molar-refractivity contribution is 5.85. The standard InChI is InChI=1S/C9H12N2O4/c10-1-2-11-8(13)6-3-5(12)4-7(6)9(14)15/h5-7,12H,2-4H2,(H,11,13)(H,14,15)/t5-,6+,7+/m0/s1. The van der Waals surface area contributed by atoms with Crippen LogP contribution in [-0.4, -0.2) is 34.7 Å². The van der Waals surface area contributed by atoms with E-state index >= 15 is 0 Å². The maximum Gasteiger partial charge on any atom is 0.307 e. The van der Waals surface area contributed by atoms with Gasteiger partial charge in [0.1, 0.15) is 6.54 Å². The van der Waals surface area contributed by atoms with Crippen LogP contribution >= 0.6 is 0 Å². The number of carboxylic acids is 1. The number of nitrogens with one attached hydrogen (secondary N) is 1. The highest BCUT2D eigenvalue weighted by atomic mass is 16.4. The Morgan fingerprint density at radius 2 is 2.00 bits per heavy atom. The lowest BCUT2D eigenvalue weighted by Gasteiger charge is -2.13. The number of rotatable bonds is 3. The SMILES string of the molecule is N#CCNC(=O)[C@@H]1C[C@H](O)C[C@H]1C(=O)O. The summed E-state index contributed by atoms with van der Waals surface area (Å²) < 4.78 is 0. The minimum Gasteiger partial charge on any atom is -0.481 e. The molecule has 0 aromatic heterocycles. The van der Waals surface area contributed by atoms with Gasteiger partial charge in [-0.15, -0.1) is 0 Å². The molecular weight excluding hydrogens is 200 g/mol. The summed E-state index contributed by atoms with van der Waals surface area (Å²) in [7, 11) is 0. The Labute approximate surface area is 86.5 Å². The number of nitrogens with zero attached hydrogens (tertiary/aromatic N) is 1. The molecule has 1 aliphatic rings. The molecule has 1 fully saturated rings. The lowest BCUT2D eigenvalue weighted by atomic mass is 9.95. The number of carbonyl (C=O) groups is 2. The molecule has 6 heteroatoms. The van der Waals surface area contributed by atoms with Gasteiger partial charge in [-0.1, -0.05) is 0 Å². The van der Waals surface area contributed by atoms with E-state index in [2.05, 4.69) is 5.32 Å². The molecule has 0 aromatic carbocycles. The maximum atomic E-state index is 11.4. The second-order valence-electron chi connectivity index (χ2n) is 3.55. The fourth-order valence-corrected chi connectivity index (χ4v) is 1.83. The van der Waals surface area contributed by atoms with Gasteiger partial charge in [-0.3, -0.25) is 9.59 Å². The van der Waals surface area contributed by atoms with E-state index in [4.69, 9.17) is 10.4 Å². The molecule has 0 radical (unpaired) electrons. The lowest BCUT2D eigenvalue weighted by molar-refractivity contribution is -0.146. The molecule has 82 valence electrons. The van der Waals surface area contributed by atoms with E-state index in [1.165, 1.54) is 0 Å². The number of nitriles is 1. The number of hydrogen-bond acceptors (Lipinski definition) is 4. The Balaban J connectivity index is 2.63. The van der Waals surface area contributed by atoms with Crippen molar-refractivity contribution in [3.05, 3.63) is 0 Å². The Morgan fingerprint density at radius 3 is 2.53 bits per heavy atom. The highest BCUT2D eigenvalue weighted by Gasteiger charge is 2.42. The maximum absolute atomic E-state index is 11.4. The Morgan fingerprint density at radius 1 is 1.40 bits per heavy atom. The lowest BCUT2D eigenvalue weighted by Crippen LogP contribution is -2.35. The molecular formula is C9H12N2O4. The number of amides is 1. The highest BCUT2D eigenvalue weighted by Crippen LogP contribution is 2.32. The van der Waals surface area contributed by atoms with E-state index in [-0.39, 0.29) is 19.4 Å². The summed E-state index contributed by atoms with van der Waals surface area (Å²) in [6, 6.07) is 1.74. The second-order valence-corrected chi connectivity index (χ2v) is 3.55. The summed E-state index contributed by atoms with van der Waals surface area (Å²) in [4.78, 5) is 22.2. The van der Waals surface area contributed by atoms with Crippen molar-refractivity contribution >= 4 is 11.9 Å². The van der Waals surface area contributed by atoms with Gasteiger partial charge in [0.15, 0.2) is 0 Å². The zero-order valence-electron chi connectivity index (χ0n) is 8.01. The van der Waals surface area contributed by atoms with E-state index in [1.54, 1.807) is 6.07 Å². The van der Waals surface area contributed by atoms with Gasteiger partial charge < -0.3 is 15.5 Å². The topological polar surface area (TPSA) is 110 Å². The van der Waals surface area contributed by atoms with Gasteiger partial charge in [0.2, 0.25) is 5.91 Å². The molecule has 3 atom stereocenters. The molecule has 0 spiro atoms. The molecule has 0 bridgehead atoms. The van der Waals surface area contributed by atoms with E-state index in [9.17, 15) is 14.7 Å². The summed E-state index contributed by atoms with van der Waals surface area (Å²) in [5.41, 5.74) is 0. The summed E-state index contributed by atoms with van der Waals surface area (Å²) in [5, 5.41) is 28.7. The Hall–Kier alpha value is -1.61. The first-order valence-electron chi connectivity index (χ1n) is 4.61. The van der Waals surface area contributed by atoms with Gasteiger partial charge in [0.05, 0.1) is 24.0 Å². The van der Waals surface area contributed by atoms with Crippen molar-refractivity contribution in [2.24, 2.45) is 11.8 Å². The first-order valence-corrected chi connectivity index (χ1v) is 4.61. The van der Waals surface area contributed by atoms with Crippen LogP contribution in [0.4, 0.5) is 0 Å². The summed E-state index contributed by atoms with van der Waals surface area (Å²) in [5.74, 6) is -3.13. The van der Waals surface area contributed by atoms with Crippen molar-refractivity contribution in [2.45, 2.75) is 18.9 Å². The van der Waals surface area contributed by atoms with Crippen LogP contribution in [0, 0.1) is 23.2 Å². The zero-order valence-corrected chi connectivity index (χ0v) is 8.01. The second kappa shape index (κ2) is 4.75. The fourth-order valence-electron chi connectivity index (χ4n) is 1.83. The van der Waals surface area contributed by atoms with Crippen molar-refractivity contribution in [2.75, 3.05) is 6.54 Å². The van der Waals surface area contributed by atoms with Gasteiger partial charge in [0, 0.05) is 0 Å². The summed E-state index contributed by atoms with van der Waals surface area (Å²) in [6.45, 7) is -0.141. The molecule has 0 heterocycles. The number of aliphatic hydroxyl groups excluding tert-OH is 1. The molecule has 0 unspecified atom stereocenters. The normalized spacial score (nSPS) is 29.5. The molecule has 0 saturated heterocycles. The van der Waals surface area contributed by atoms with Crippen LogP contribution in [0.1, 0.15) is 12.8 Å². The molecule has 1 aliphatic carbocycles. The number of hydrogen-bond donors (Lipinski definition) is 3. The smallest absolute Gasteiger partial charge is 0.307 e. The number of aliphatic hydroxyl groups is 1. The molecule has 6 nitrogen and oxygen atoms in total. The predicted octanol–water partition coefficient (Wildman–Crippen LogP) is -0.902. The van der Waals surface area contributed by atoms with Gasteiger partial charge in [0.25, 0.3) is 0 Å². The molecule has 1 rings (SSSR count). The molecule has 1 saturated carbocycles. The molecule has 0 aromatic rings. The predicted molar refractivity (Wildman–Crippen MR) is 48.5 cm³/mol. The average Bonchev–Trinajstić information content (AvgIpc) is 2.57. The quantitative estimate of drug-likeness (QED) is 0.525. The third-order valence-electron chi connectivity index (χ3n) is 2.53. The van der Waals surface area contributed by atoms with Gasteiger partial charge in [-0.2, -0.15) is 5.26 Å². The number of aliphatic carboxylic acids is 1. The van der Waals surface area contributed by atoms with Crippen molar-refractivity contribution in [1.29, 1.82) is 5.26 Å². The van der Waals surface area contributed by atoms with Crippen molar-refractivity contribution < 1.29 is 19.8 Å². The first-order chi connectivity index (χ1) is 7.06. The fraction of sp³-hybridized carbons (Fsp3) is 0.667. The number of carboxylic acid groups (broad SMARTS) is 1. The van der Waals surface area contributed by atoms with Crippen LogP contribution in [0.15, 0.2) is 0 Å². The van der Waals surface area contributed by atoms with E-state index in [0.29, 0.717) is 0 Å². The molecule has 15 heavy (non-hydrogen) atoms.